The van der Waals surface area contributed by atoms with Crippen LogP contribution in [-0.2, 0) is 7.05 Å². The third-order valence-corrected chi connectivity index (χ3v) is 5.47. The number of nitrogens with zero attached hydrogens (tertiary/aromatic N) is 2. The van der Waals surface area contributed by atoms with Crippen LogP contribution in [0.4, 0.5) is 0 Å². The van der Waals surface area contributed by atoms with Crippen molar-refractivity contribution in [3.63, 3.8) is 0 Å². The Bertz CT molecular complexity index is 479. The van der Waals surface area contributed by atoms with Crippen LogP contribution in [-0.4, -0.2) is 21.7 Å². The van der Waals surface area contributed by atoms with Crippen LogP contribution in [0.3, 0.4) is 0 Å². The largest absolute Gasteiger partial charge is 0.347 e. The van der Waals surface area contributed by atoms with Gasteiger partial charge in [0, 0.05) is 19.3 Å². The molecule has 19 heavy (non-hydrogen) atoms. The van der Waals surface area contributed by atoms with Gasteiger partial charge in [0.1, 0.15) is 5.69 Å². The molecule has 5 rings (SSSR count). The number of carbonyl (C=O) groups is 1. The summed E-state index contributed by atoms with van der Waals surface area (Å²) in [6.07, 6.45) is 8.61. The molecule has 0 radical (unpaired) electrons. The third kappa shape index (κ3) is 1.88. The van der Waals surface area contributed by atoms with E-state index in [0.717, 1.165) is 23.7 Å². The summed E-state index contributed by atoms with van der Waals surface area (Å²) in [5, 5.41) is 7.48. The van der Waals surface area contributed by atoms with Crippen molar-refractivity contribution >= 4 is 5.91 Å². The molecule has 0 atom stereocenters. The third-order valence-electron chi connectivity index (χ3n) is 5.47. The van der Waals surface area contributed by atoms with Gasteiger partial charge in [-0.1, -0.05) is 0 Å². The molecular formula is C15H21N3O. The Hall–Kier alpha value is -1.32. The second kappa shape index (κ2) is 4.09. The molecule has 4 aliphatic rings. The highest BCUT2D eigenvalue weighted by molar-refractivity contribution is 5.92. The second-order valence-electron chi connectivity index (χ2n) is 6.80. The first-order valence-corrected chi connectivity index (χ1v) is 7.49. The van der Waals surface area contributed by atoms with Gasteiger partial charge < -0.3 is 5.32 Å². The highest BCUT2D eigenvalue weighted by atomic mass is 16.2. The van der Waals surface area contributed by atoms with Crippen molar-refractivity contribution in [3.8, 4) is 0 Å². The predicted octanol–water partition coefficient (Wildman–Crippen LogP) is 1.97. The van der Waals surface area contributed by atoms with Crippen LogP contribution in [0.25, 0.3) is 0 Å². The number of amides is 1. The Kier molecular flexibility index (Phi) is 2.47. The normalized spacial score (nSPS) is 39.5. The SMILES string of the molecule is Cn1ccc(C(=O)NC2C3CC4CC(C3)CC2C4)n1. The zero-order chi connectivity index (χ0) is 13.0. The molecule has 1 aromatic rings. The predicted molar refractivity (Wildman–Crippen MR) is 71.5 cm³/mol. The molecule has 0 aliphatic heterocycles. The minimum atomic E-state index is 0.0121. The number of hydrogen-bond acceptors (Lipinski definition) is 2. The van der Waals surface area contributed by atoms with Crippen molar-refractivity contribution in [2.45, 2.75) is 38.1 Å². The first kappa shape index (κ1) is 11.5. The van der Waals surface area contributed by atoms with Crippen molar-refractivity contribution in [3.05, 3.63) is 18.0 Å². The molecule has 0 unspecified atom stereocenters. The molecule has 1 N–H and O–H groups in total. The van der Waals surface area contributed by atoms with E-state index in [2.05, 4.69) is 10.4 Å². The van der Waals surface area contributed by atoms with Crippen molar-refractivity contribution < 1.29 is 4.79 Å². The molecule has 0 aromatic carbocycles. The van der Waals surface area contributed by atoms with Gasteiger partial charge in [-0.25, -0.2) is 0 Å². The smallest absolute Gasteiger partial charge is 0.272 e. The van der Waals surface area contributed by atoms with Gasteiger partial charge in [-0.3, -0.25) is 9.48 Å². The summed E-state index contributed by atoms with van der Waals surface area (Å²) in [7, 11) is 1.85. The molecule has 4 aliphatic carbocycles. The highest BCUT2D eigenvalue weighted by Gasteiger charge is 2.48. The molecule has 4 bridgehead atoms. The number of nitrogens with one attached hydrogen (secondary N) is 1. The molecule has 4 nitrogen and oxygen atoms in total. The minimum absolute atomic E-state index is 0.0121. The van der Waals surface area contributed by atoms with Crippen LogP contribution in [0, 0.1) is 23.7 Å². The molecule has 1 heterocycles. The molecule has 1 aromatic heterocycles. The molecule has 102 valence electrons. The van der Waals surface area contributed by atoms with Gasteiger partial charge in [0.2, 0.25) is 0 Å². The van der Waals surface area contributed by atoms with E-state index in [1.165, 1.54) is 32.1 Å². The average molecular weight is 259 g/mol. The first-order chi connectivity index (χ1) is 9.19. The van der Waals surface area contributed by atoms with Gasteiger partial charge in [0.25, 0.3) is 5.91 Å². The average Bonchev–Trinajstić information content (AvgIpc) is 2.79. The molecule has 0 saturated heterocycles. The fourth-order valence-electron chi connectivity index (χ4n) is 4.92. The summed E-state index contributed by atoms with van der Waals surface area (Å²) < 4.78 is 1.69. The van der Waals surface area contributed by atoms with E-state index in [1.54, 1.807) is 10.7 Å². The van der Waals surface area contributed by atoms with E-state index in [9.17, 15) is 4.79 Å². The lowest BCUT2D eigenvalue weighted by atomic mass is 9.54. The quantitative estimate of drug-likeness (QED) is 0.882. The van der Waals surface area contributed by atoms with E-state index < -0.39 is 0 Å². The van der Waals surface area contributed by atoms with Crippen molar-refractivity contribution in [1.29, 1.82) is 0 Å². The summed E-state index contributed by atoms with van der Waals surface area (Å²) >= 11 is 0. The second-order valence-corrected chi connectivity index (χ2v) is 6.80. The minimum Gasteiger partial charge on any atom is -0.347 e. The zero-order valence-corrected chi connectivity index (χ0v) is 11.4. The Morgan fingerprint density at radius 2 is 1.84 bits per heavy atom. The molecule has 0 spiro atoms. The number of aryl methyl sites for hydroxylation is 1. The van der Waals surface area contributed by atoms with Gasteiger partial charge >= 0.3 is 0 Å². The van der Waals surface area contributed by atoms with Crippen LogP contribution in [0.2, 0.25) is 0 Å². The summed E-state index contributed by atoms with van der Waals surface area (Å²) in [6, 6.07) is 2.20. The van der Waals surface area contributed by atoms with Gasteiger partial charge in [-0.15, -0.1) is 0 Å². The number of hydrogen-bond donors (Lipinski definition) is 1. The highest BCUT2D eigenvalue weighted by Crippen LogP contribution is 2.53. The molecule has 4 saturated carbocycles. The Morgan fingerprint density at radius 3 is 2.37 bits per heavy atom. The Morgan fingerprint density at radius 1 is 1.21 bits per heavy atom. The summed E-state index contributed by atoms with van der Waals surface area (Å²) in [4.78, 5) is 12.3. The summed E-state index contributed by atoms with van der Waals surface area (Å²) in [5.74, 6) is 3.36. The number of carbonyl (C=O) groups excluding carboxylic acids is 1. The van der Waals surface area contributed by atoms with E-state index >= 15 is 0 Å². The maximum atomic E-state index is 12.3. The van der Waals surface area contributed by atoms with Crippen LogP contribution < -0.4 is 5.32 Å². The van der Waals surface area contributed by atoms with E-state index in [4.69, 9.17) is 0 Å². The standard InChI is InChI=1S/C15H21N3O/c1-18-3-2-13(17-18)15(19)16-14-11-5-9-4-10(7-11)8-12(14)6-9/h2-3,9-12,14H,4-8H2,1H3,(H,16,19). The maximum absolute atomic E-state index is 12.3. The summed E-state index contributed by atoms with van der Waals surface area (Å²) in [6.45, 7) is 0. The maximum Gasteiger partial charge on any atom is 0.272 e. The van der Waals surface area contributed by atoms with Crippen molar-refractivity contribution in [2.24, 2.45) is 30.7 Å². The lowest BCUT2D eigenvalue weighted by molar-refractivity contribution is -0.0120. The molecule has 1 amide bonds. The zero-order valence-electron chi connectivity index (χ0n) is 11.4. The van der Waals surface area contributed by atoms with Crippen molar-refractivity contribution in [2.75, 3.05) is 0 Å². The molecule has 4 heteroatoms. The van der Waals surface area contributed by atoms with E-state index in [-0.39, 0.29) is 5.91 Å². The van der Waals surface area contributed by atoms with Gasteiger partial charge in [-0.05, 0) is 61.8 Å². The van der Waals surface area contributed by atoms with Crippen molar-refractivity contribution in [1.82, 2.24) is 15.1 Å². The monoisotopic (exact) mass is 259 g/mol. The topological polar surface area (TPSA) is 46.9 Å². The number of aromatic nitrogens is 2. The summed E-state index contributed by atoms with van der Waals surface area (Å²) in [5.41, 5.74) is 0.552. The Balaban J connectivity index is 1.49. The lowest BCUT2D eigenvalue weighted by Crippen LogP contribution is -2.55. The van der Waals surface area contributed by atoms with Gasteiger partial charge in [0.15, 0.2) is 0 Å². The number of rotatable bonds is 2. The van der Waals surface area contributed by atoms with Gasteiger partial charge in [-0.2, -0.15) is 5.10 Å². The van der Waals surface area contributed by atoms with Gasteiger partial charge in [0.05, 0.1) is 0 Å². The van der Waals surface area contributed by atoms with Crippen LogP contribution in [0.15, 0.2) is 12.3 Å². The van der Waals surface area contributed by atoms with Crippen LogP contribution >= 0.6 is 0 Å². The molecule has 4 fully saturated rings. The molecular weight excluding hydrogens is 238 g/mol. The lowest BCUT2D eigenvalue weighted by Gasteiger charge is -2.54. The Labute approximate surface area is 113 Å². The van der Waals surface area contributed by atoms with Crippen LogP contribution in [0.5, 0.6) is 0 Å². The van der Waals surface area contributed by atoms with E-state index in [1.807, 2.05) is 13.2 Å². The van der Waals surface area contributed by atoms with Crippen LogP contribution in [0.1, 0.15) is 42.6 Å². The fourth-order valence-corrected chi connectivity index (χ4v) is 4.92. The van der Waals surface area contributed by atoms with E-state index in [0.29, 0.717) is 11.7 Å². The first-order valence-electron chi connectivity index (χ1n) is 7.49. The fraction of sp³-hybridized carbons (Fsp3) is 0.733.